The van der Waals surface area contributed by atoms with E-state index in [0.29, 0.717) is 46.3 Å². The fourth-order valence-electron chi connectivity index (χ4n) is 6.38. The maximum atomic E-state index is 13.8. The highest BCUT2D eigenvalue weighted by atomic mass is 35.5. The molecular formula is C32H34Cl2FNO3. The van der Waals surface area contributed by atoms with Crippen LogP contribution in [0.25, 0.3) is 0 Å². The minimum Gasteiger partial charge on any atom is -0.486 e. The zero-order valence-electron chi connectivity index (χ0n) is 23.1. The maximum Gasteiger partial charge on any atom is 0.162 e. The number of carbonyl (C=O) groups excluding carboxylic acids is 2. The summed E-state index contributed by atoms with van der Waals surface area (Å²) in [4.78, 5) is 29.8. The molecular weight excluding hydrogens is 536 g/mol. The van der Waals surface area contributed by atoms with Crippen LogP contribution in [0, 0.1) is 16.6 Å². The van der Waals surface area contributed by atoms with Crippen molar-refractivity contribution in [3.05, 3.63) is 85.9 Å². The number of nitrogens with zero attached hydrogens (tertiary/aromatic N) is 1. The summed E-state index contributed by atoms with van der Waals surface area (Å²) >= 11 is 13.5. The van der Waals surface area contributed by atoms with Gasteiger partial charge >= 0.3 is 0 Å². The number of ketones is 2. The fourth-order valence-corrected chi connectivity index (χ4v) is 7.00. The van der Waals surface area contributed by atoms with Crippen molar-refractivity contribution in [3.8, 4) is 5.75 Å². The highest BCUT2D eigenvalue weighted by molar-refractivity contribution is 6.37. The smallest absolute Gasteiger partial charge is 0.162 e. The second kappa shape index (κ2) is 10.1. The van der Waals surface area contributed by atoms with Crippen LogP contribution in [-0.2, 0) is 16.2 Å². The third-order valence-electron chi connectivity index (χ3n) is 7.99. The van der Waals surface area contributed by atoms with Crippen molar-refractivity contribution >= 4 is 34.8 Å². The van der Waals surface area contributed by atoms with E-state index >= 15 is 0 Å². The molecule has 0 N–H and O–H groups in total. The maximum absolute atomic E-state index is 13.8. The Morgan fingerprint density at radius 3 is 1.82 bits per heavy atom. The molecule has 0 spiro atoms. The van der Waals surface area contributed by atoms with Crippen molar-refractivity contribution in [1.82, 2.24) is 4.90 Å². The molecule has 1 aliphatic heterocycles. The summed E-state index contributed by atoms with van der Waals surface area (Å²) in [6.45, 7) is 11.4. The van der Waals surface area contributed by atoms with Gasteiger partial charge in [-0.15, -0.1) is 0 Å². The standard InChI is InChI=1S/C32H34Cl2FNO3/c1-6-36-23-13-31(2,3)15-25(37)28(23)27(29-24(36)14-32(4,5)16-26(29)38)19-11-21(33)30(22(34)12-19)39-17-18-7-9-20(35)10-8-18/h7-12,27H,6,13-17H2,1-5H3. The average Bonchev–Trinajstić information content (AvgIpc) is 2.82. The van der Waals surface area contributed by atoms with Crippen molar-refractivity contribution in [1.29, 1.82) is 0 Å². The second-order valence-corrected chi connectivity index (χ2v) is 13.3. The monoisotopic (exact) mass is 569 g/mol. The van der Waals surface area contributed by atoms with Crippen LogP contribution in [0.1, 0.15) is 77.3 Å². The molecule has 2 aromatic carbocycles. The van der Waals surface area contributed by atoms with E-state index in [2.05, 4.69) is 39.5 Å². The summed E-state index contributed by atoms with van der Waals surface area (Å²) < 4.78 is 19.2. The molecule has 7 heteroatoms. The van der Waals surface area contributed by atoms with Crippen LogP contribution >= 0.6 is 23.2 Å². The van der Waals surface area contributed by atoms with Crippen LogP contribution in [-0.4, -0.2) is 23.0 Å². The third-order valence-corrected chi connectivity index (χ3v) is 8.55. The van der Waals surface area contributed by atoms with Crippen molar-refractivity contribution < 1.29 is 18.7 Å². The first kappa shape index (κ1) is 27.9. The lowest BCUT2D eigenvalue weighted by molar-refractivity contribution is -0.119. The van der Waals surface area contributed by atoms with E-state index in [-0.39, 0.29) is 34.8 Å². The minimum atomic E-state index is -0.522. The Hall–Kier alpha value is -2.63. The van der Waals surface area contributed by atoms with Crippen LogP contribution in [0.15, 0.2) is 58.9 Å². The Kier molecular flexibility index (Phi) is 7.22. The van der Waals surface area contributed by atoms with Crippen LogP contribution < -0.4 is 4.74 Å². The first-order valence-electron chi connectivity index (χ1n) is 13.5. The van der Waals surface area contributed by atoms with E-state index in [4.69, 9.17) is 27.9 Å². The molecule has 2 aliphatic carbocycles. The van der Waals surface area contributed by atoms with Gasteiger partial charge in [-0.05, 0) is 66.0 Å². The molecule has 3 aliphatic rings. The molecule has 0 amide bonds. The van der Waals surface area contributed by atoms with E-state index in [1.165, 1.54) is 12.1 Å². The number of benzene rings is 2. The van der Waals surface area contributed by atoms with Crippen LogP contribution in [0.2, 0.25) is 10.0 Å². The number of carbonyl (C=O) groups is 2. The molecule has 5 rings (SSSR count). The van der Waals surface area contributed by atoms with Crippen molar-refractivity contribution in [3.63, 3.8) is 0 Å². The molecule has 0 atom stereocenters. The Labute approximate surface area is 239 Å². The Bertz CT molecular complexity index is 1340. The quantitative estimate of drug-likeness (QED) is 0.362. The van der Waals surface area contributed by atoms with Gasteiger partial charge in [0.15, 0.2) is 17.3 Å². The van der Waals surface area contributed by atoms with Gasteiger partial charge < -0.3 is 9.64 Å². The minimum absolute atomic E-state index is 0.0674. The summed E-state index contributed by atoms with van der Waals surface area (Å²) in [7, 11) is 0. The van der Waals surface area contributed by atoms with Crippen LogP contribution in [0.3, 0.4) is 0 Å². The number of hydrogen-bond acceptors (Lipinski definition) is 4. The highest BCUT2D eigenvalue weighted by Crippen LogP contribution is 2.55. The molecule has 0 radical (unpaired) electrons. The molecule has 39 heavy (non-hydrogen) atoms. The summed E-state index contributed by atoms with van der Waals surface area (Å²) in [6.07, 6.45) is 2.35. The lowest BCUT2D eigenvalue weighted by Gasteiger charge is -2.49. The number of allylic oxidation sites excluding steroid dienone is 4. The fraction of sp³-hybridized carbons (Fsp3) is 0.438. The third kappa shape index (κ3) is 5.28. The van der Waals surface area contributed by atoms with Gasteiger partial charge in [0.05, 0.1) is 10.0 Å². The van der Waals surface area contributed by atoms with Crippen molar-refractivity contribution in [2.45, 2.75) is 72.8 Å². The Morgan fingerprint density at radius 1 is 0.872 bits per heavy atom. The number of ether oxygens (including phenoxy) is 1. The van der Waals surface area contributed by atoms with E-state index in [1.54, 1.807) is 24.3 Å². The average molecular weight is 571 g/mol. The first-order chi connectivity index (χ1) is 18.3. The topological polar surface area (TPSA) is 46.6 Å². The number of Topliss-reactive ketones (excluding diaryl/α,β-unsaturated/α-hetero) is 2. The number of halogens is 3. The lowest BCUT2D eigenvalue weighted by Crippen LogP contribution is -2.44. The first-order valence-corrected chi connectivity index (χ1v) is 14.2. The van der Waals surface area contributed by atoms with Gasteiger partial charge in [-0.2, -0.15) is 0 Å². The number of rotatable bonds is 5. The van der Waals surface area contributed by atoms with Gasteiger partial charge in [0.2, 0.25) is 0 Å². The molecule has 1 heterocycles. The summed E-state index contributed by atoms with van der Waals surface area (Å²) in [6, 6.07) is 9.57. The summed E-state index contributed by atoms with van der Waals surface area (Å²) in [5.74, 6) is -0.397. The van der Waals surface area contributed by atoms with Gasteiger partial charge in [-0.3, -0.25) is 9.59 Å². The van der Waals surface area contributed by atoms with E-state index in [0.717, 1.165) is 35.4 Å². The summed E-state index contributed by atoms with van der Waals surface area (Å²) in [5, 5.41) is 0.600. The molecule has 4 nitrogen and oxygen atoms in total. The second-order valence-electron chi connectivity index (χ2n) is 12.5. The van der Waals surface area contributed by atoms with Gasteiger partial charge in [-0.1, -0.05) is 63.0 Å². The Balaban J connectivity index is 1.61. The van der Waals surface area contributed by atoms with Crippen LogP contribution in [0.5, 0.6) is 5.75 Å². The molecule has 0 fully saturated rings. The predicted molar refractivity (Wildman–Crippen MR) is 152 cm³/mol. The Morgan fingerprint density at radius 2 is 1.36 bits per heavy atom. The molecule has 206 valence electrons. The molecule has 0 unspecified atom stereocenters. The van der Waals surface area contributed by atoms with Gasteiger partial charge in [-0.25, -0.2) is 4.39 Å². The van der Waals surface area contributed by atoms with Crippen LogP contribution in [0.4, 0.5) is 4.39 Å². The SMILES string of the molecule is CCN1C2=C(C(=O)CC(C)(C)C2)C(c2cc(Cl)c(OCc3ccc(F)cc3)c(Cl)c2)C2=C1CC(C)(C)CC2=O. The lowest BCUT2D eigenvalue weighted by atomic mass is 9.63. The molecule has 0 saturated heterocycles. The summed E-state index contributed by atoms with van der Waals surface area (Å²) in [5.41, 5.74) is 4.55. The normalized spacial score (nSPS) is 20.8. The molecule has 0 saturated carbocycles. The van der Waals surface area contributed by atoms with Crippen molar-refractivity contribution in [2.75, 3.05) is 6.54 Å². The van der Waals surface area contributed by atoms with Gasteiger partial charge in [0.25, 0.3) is 0 Å². The van der Waals surface area contributed by atoms with E-state index in [1.807, 2.05) is 0 Å². The predicted octanol–water partition coefficient (Wildman–Crippen LogP) is 8.42. The molecule has 2 aromatic rings. The number of hydrogen-bond donors (Lipinski definition) is 0. The molecule has 0 bridgehead atoms. The molecule has 0 aromatic heterocycles. The highest BCUT2D eigenvalue weighted by Gasteiger charge is 2.48. The van der Waals surface area contributed by atoms with E-state index in [9.17, 15) is 14.0 Å². The largest absolute Gasteiger partial charge is 0.486 e. The van der Waals surface area contributed by atoms with Gasteiger partial charge in [0, 0.05) is 47.8 Å². The zero-order chi connectivity index (χ0) is 28.3. The van der Waals surface area contributed by atoms with E-state index < -0.39 is 5.92 Å². The van der Waals surface area contributed by atoms with Gasteiger partial charge in [0.1, 0.15) is 12.4 Å². The zero-order valence-corrected chi connectivity index (χ0v) is 24.6. The van der Waals surface area contributed by atoms with Crippen molar-refractivity contribution in [2.24, 2.45) is 10.8 Å².